The number of rotatable bonds is 1. The number of hydrogen-bond donors (Lipinski definition) is 2. The van der Waals surface area contributed by atoms with Crippen LogP contribution in [0, 0.1) is 0 Å². The van der Waals surface area contributed by atoms with Gasteiger partial charge in [0.15, 0.2) is 0 Å². The van der Waals surface area contributed by atoms with E-state index in [0.717, 1.165) is 12.8 Å². The van der Waals surface area contributed by atoms with Crippen LogP contribution >= 0.6 is 0 Å². The summed E-state index contributed by atoms with van der Waals surface area (Å²) in [4.78, 5) is 10.6. The fourth-order valence-corrected chi connectivity index (χ4v) is 1.57. The molecule has 1 aliphatic rings. The number of carbonyl (C=O) groups is 1. The summed E-state index contributed by atoms with van der Waals surface area (Å²) < 4.78 is 4.95. The van der Waals surface area contributed by atoms with Crippen molar-refractivity contribution in [2.24, 2.45) is 5.73 Å². The quantitative estimate of drug-likeness (QED) is 0.437. The number of aliphatic hydroxyl groups is 1. The first kappa shape index (κ1) is 9.48. The topological polar surface area (TPSA) is 72.5 Å². The molecule has 0 heterocycles. The van der Waals surface area contributed by atoms with E-state index in [1.807, 2.05) is 0 Å². The molecular weight excluding hydrogens is 158 g/mol. The van der Waals surface area contributed by atoms with Crippen molar-refractivity contribution in [3.05, 3.63) is 0 Å². The van der Waals surface area contributed by atoms with Crippen molar-refractivity contribution in [2.45, 2.75) is 44.4 Å². The van der Waals surface area contributed by atoms with Crippen molar-refractivity contribution in [3.8, 4) is 0 Å². The van der Waals surface area contributed by atoms with E-state index in [1.165, 1.54) is 6.92 Å². The second-order valence-electron chi connectivity index (χ2n) is 3.43. The van der Waals surface area contributed by atoms with Gasteiger partial charge in [-0.1, -0.05) is 0 Å². The zero-order chi connectivity index (χ0) is 9.19. The van der Waals surface area contributed by atoms with Gasteiger partial charge in [-0.05, 0) is 19.3 Å². The Bertz CT molecular complexity index is 179. The Balaban J connectivity index is 2.41. The van der Waals surface area contributed by atoms with Crippen LogP contribution in [0.1, 0.15) is 32.6 Å². The highest BCUT2D eigenvalue weighted by Crippen LogP contribution is 2.25. The Morgan fingerprint density at radius 2 is 2.42 bits per heavy atom. The second-order valence-corrected chi connectivity index (χ2v) is 3.43. The predicted octanol–water partition coefficient (Wildman–Crippen LogP) is 0.139. The first-order chi connectivity index (χ1) is 5.49. The molecule has 4 heteroatoms. The van der Waals surface area contributed by atoms with E-state index in [2.05, 4.69) is 0 Å². The van der Waals surface area contributed by atoms with Crippen molar-refractivity contribution in [1.82, 2.24) is 0 Å². The summed E-state index contributed by atoms with van der Waals surface area (Å²) in [5.41, 5.74) is 4.37. The average Bonchev–Trinajstić information content (AvgIpc) is 1.82. The van der Waals surface area contributed by atoms with Crippen LogP contribution in [-0.2, 0) is 9.53 Å². The van der Waals surface area contributed by atoms with Crippen molar-refractivity contribution >= 4 is 5.97 Å². The van der Waals surface area contributed by atoms with Gasteiger partial charge in [-0.3, -0.25) is 4.79 Å². The van der Waals surface area contributed by atoms with Gasteiger partial charge in [0.2, 0.25) is 0 Å². The number of nitrogens with two attached hydrogens (primary N) is 1. The molecule has 0 spiro atoms. The van der Waals surface area contributed by atoms with Gasteiger partial charge in [-0.2, -0.15) is 0 Å². The third-order valence-electron chi connectivity index (χ3n) is 2.05. The van der Waals surface area contributed by atoms with Gasteiger partial charge < -0.3 is 15.6 Å². The maximum atomic E-state index is 10.6. The van der Waals surface area contributed by atoms with Gasteiger partial charge in [-0.25, -0.2) is 0 Å². The van der Waals surface area contributed by atoms with Crippen LogP contribution in [0.3, 0.4) is 0 Å². The van der Waals surface area contributed by atoms with Crippen LogP contribution in [0.15, 0.2) is 0 Å². The first-order valence-corrected chi connectivity index (χ1v) is 4.18. The SMILES string of the molecule is CC(=O)O[C@@H]1CCC[C@@](N)(O)C1. The Kier molecular flexibility index (Phi) is 2.69. The Hall–Kier alpha value is -0.610. The lowest BCUT2D eigenvalue weighted by atomic mass is 9.90. The summed E-state index contributed by atoms with van der Waals surface area (Å²) in [6.07, 6.45) is 2.35. The fourth-order valence-electron chi connectivity index (χ4n) is 1.57. The van der Waals surface area contributed by atoms with Crippen LogP contribution in [0.25, 0.3) is 0 Å². The highest BCUT2D eigenvalue weighted by atomic mass is 16.5. The number of hydrogen-bond acceptors (Lipinski definition) is 4. The average molecular weight is 173 g/mol. The summed E-state index contributed by atoms with van der Waals surface area (Å²) in [6.45, 7) is 1.37. The number of ether oxygens (including phenoxy) is 1. The van der Waals surface area contributed by atoms with Crippen molar-refractivity contribution in [1.29, 1.82) is 0 Å². The maximum absolute atomic E-state index is 10.6. The minimum Gasteiger partial charge on any atom is -0.462 e. The highest BCUT2D eigenvalue weighted by molar-refractivity contribution is 5.66. The molecule has 1 fully saturated rings. The molecule has 1 rings (SSSR count). The molecule has 0 saturated heterocycles. The van der Waals surface area contributed by atoms with Gasteiger partial charge >= 0.3 is 5.97 Å². The standard InChI is InChI=1S/C8H15NO3/c1-6(10)12-7-3-2-4-8(9,11)5-7/h7,11H,2-5,9H2,1H3/t7-,8-/m1/s1. The third-order valence-corrected chi connectivity index (χ3v) is 2.05. The van der Waals surface area contributed by atoms with Crippen molar-refractivity contribution in [2.75, 3.05) is 0 Å². The van der Waals surface area contributed by atoms with Gasteiger partial charge in [0.05, 0.1) is 0 Å². The fraction of sp³-hybridized carbons (Fsp3) is 0.875. The zero-order valence-electron chi connectivity index (χ0n) is 7.25. The Labute approximate surface area is 71.7 Å². The van der Waals surface area contributed by atoms with Crippen molar-refractivity contribution in [3.63, 3.8) is 0 Å². The van der Waals surface area contributed by atoms with Crippen LogP contribution in [0.2, 0.25) is 0 Å². The van der Waals surface area contributed by atoms with Crippen LogP contribution < -0.4 is 5.73 Å². The smallest absolute Gasteiger partial charge is 0.302 e. The predicted molar refractivity (Wildman–Crippen MR) is 43.2 cm³/mol. The van der Waals surface area contributed by atoms with Crippen LogP contribution in [0.4, 0.5) is 0 Å². The van der Waals surface area contributed by atoms with E-state index in [0.29, 0.717) is 12.8 Å². The molecule has 0 aromatic rings. The molecule has 0 unspecified atom stereocenters. The minimum atomic E-state index is -1.14. The normalized spacial score (nSPS) is 36.1. The molecule has 4 nitrogen and oxygen atoms in total. The van der Waals surface area contributed by atoms with Gasteiger partial charge in [0.25, 0.3) is 0 Å². The molecule has 0 aliphatic heterocycles. The van der Waals surface area contributed by atoms with Crippen LogP contribution in [0.5, 0.6) is 0 Å². The molecule has 12 heavy (non-hydrogen) atoms. The lowest BCUT2D eigenvalue weighted by Gasteiger charge is -2.32. The molecule has 0 aromatic carbocycles. The molecule has 70 valence electrons. The van der Waals surface area contributed by atoms with E-state index < -0.39 is 5.72 Å². The summed E-state index contributed by atoms with van der Waals surface area (Å²) >= 11 is 0. The molecule has 0 amide bonds. The Morgan fingerprint density at radius 3 is 2.92 bits per heavy atom. The summed E-state index contributed by atoms with van der Waals surface area (Å²) in [7, 11) is 0. The van der Waals surface area contributed by atoms with E-state index >= 15 is 0 Å². The minimum absolute atomic E-state index is 0.203. The summed E-state index contributed by atoms with van der Waals surface area (Å²) in [5.74, 6) is -0.308. The number of carbonyl (C=O) groups excluding carboxylic acids is 1. The van der Waals surface area contributed by atoms with E-state index in [1.54, 1.807) is 0 Å². The molecule has 0 radical (unpaired) electrons. The molecular formula is C8H15NO3. The highest BCUT2D eigenvalue weighted by Gasteiger charge is 2.31. The third kappa shape index (κ3) is 2.79. The van der Waals surface area contributed by atoms with Crippen LogP contribution in [-0.4, -0.2) is 22.9 Å². The lowest BCUT2D eigenvalue weighted by molar-refractivity contribution is -0.152. The van der Waals surface area contributed by atoms with E-state index in [-0.39, 0.29) is 12.1 Å². The number of esters is 1. The summed E-state index contributed by atoms with van der Waals surface area (Å²) in [6, 6.07) is 0. The summed E-state index contributed by atoms with van der Waals surface area (Å²) in [5, 5.41) is 9.44. The molecule has 1 saturated carbocycles. The Morgan fingerprint density at radius 1 is 1.75 bits per heavy atom. The van der Waals surface area contributed by atoms with Gasteiger partial charge in [0, 0.05) is 13.3 Å². The largest absolute Gasteiger partial charge is 0.462 e. The van der Waals surface area contributed by atoms with Gasteiger partial charge in [0.1, 0.15) is 11.8 Å². The lowest BCUT2D eigenvalue weighted by Crippen LogP contribution is -2.46. The molecule has 2 atom stereocenters. The second kappa shape index (κ2) is 3.41. The maximum Gasteiger partial charge on any atom is 0.302 e. The van der Waals surface area contributed by atoms with Gasteiger partial charge in [-0.15, -0.1) is 0 Å². The molecule has 0 bridgehead atoms. The van der Waals surface area contributed by atoms with E-state index in [9.17, 15) is 9.90 Å². The monoisotopic (exact) mass is 173 g/mol. The molecule has 3 N–H and O–H groups in total. The zero-order valence-corrected chi connectivity index (χ0v) is 7.25. The first-order valence-electron chi connectivity index (χ1n) is 4.18. The molecule has 1 aliphatic carbocycles. The van der Waals surface area contributed by atoms with E-state index in [4.69, 9.17) is 10.5 Å². The van der Waals surface area contributed by atoms with Crippen molar-refractivity contribution < 1.29 is 14.6 Å². The molecule has 0 aromatic heterocycles.